The molecule has 0 aliphatic heterocycles. The Morgan fingerprint density at radius 1 is 0.356 bits per heavy atom. The third-order valence-corrected chi connectivity index (χ3v) is 10.5. The van der Waals surface area contributed by atoms with Gasteiger partial charge in [-0.15, -0.1) is 0 Å². The van der Waals surface area contributed by atoms with Crippen molar-refractivity contribution in [3.05, 3.63) is 60.8 Å². The molecule has 0 bridgehead atoms. The van der Waals surface area contributed by atoms with Gasteiger partial charge in [-0.1, -0.05) is 184 Å². The SMILES string of the molecule is CC/C=C\C/C=C\CCCCCCCCCC(=O)OCC(COC(=O)CCCCC/C=C\CCCCCCCC)OC(=O)CCCCCCCCC/C=C\C/C=C\CC. The van der Waals surface area contributed by atoms with Gasteiger partial charge in [-0.25, -0.2) is 0 Å². The Balaban J connectivity index is 4.41. The van der Waals surface area contributed by atoms with Gasteiger partial charge in [-0.2, -0.15) is 0 Å². The van der Waals surface area contributed by atoms with Crippen LogP contribution in [0.5, 0.6) is 0 Å². The van der Waals surface area contributed by atoms with Crippen LogP contribution in [0.4, 0.5) is 0 Å². The monoisotopic (exact) mass is 825 g/mol. The highest BCUT2D eigenvalue weighted by Gasteiger charge is 2.19. The number of esters is 3. The zero-order valence-corrected chi connectivity index (χ0v) is 38.8. The highest BCUT2D eigenvalue weighted by atomic mass is 16.6. The van der Waals surface area contributed by atoms with Gasteiger partial charge in [0.2, 0.25) is 0 Å². The lowest BCUT2D eigenvalue weighted by Crippen LogP contribution is -2.30. The van der Waals surface area contributed by atoms with Crippen molar-refractivity contribution in [2.75, 3.05) is 13.2 Å². The molecule has 6 nitrogen and oxygen atoms in total. The van der Waals surface area contributed by atoms with Crippen LogP contribution in [0, 0.1) is 0 Å². The molecule has 0 spiro atoms. The summed E-state index contributed by atoms with van der Waals surface area (Å²) in [5, 5.41) is 0. The first kappa shape index (κ1) is 56.1. The molecule has 6 heteroatoms. The summed E-state index contributed by atoms with van der Waals surface area (Å²) in [6.45, 7) is 6.39. The summed E-state index contributed by atoms with van der Waals surface area (Å²) in [7, 11) is 0. The Kier molecular flexibility index (Phi) is 45.4. The molecular formula is C53H92O6. The van der Waals surface area contributed by atoms with E-state index in [-0.39, 0.29) is 31.1 Å². The zero-order valence-electron chi connectivity index (χ0n) is 38.8. The molecule has 0 N–H and O–H groups in total. The molecular weight excluding hydrogens is 733 g/mol. The fourth-order valence-electron chi connectivity index (χ4n) is 6.81. The lowest BCUT2D eigenvalue weighted by atomic mass is 10.1. The van der Waals surface area contributed by atoms with Crippen LogP contribution in [0.25, 0.3) is 0 Å². The molecule has 0 aromatic carbocycles. The van der Waals surface area contributed by atoms with Crippen molar-refractivity contribution in [1.29, 1.82) is 0 Å². The number of rotatable bonds is 44. The van der Waals surface area contributed by atoms with Crippen LogP contribution in [0.2, 0.25) is 0 Å². The van der Waals surface area contributed by atoms with E-state index in [1.54, 1.807) is 0 Å². The quantitative estimate of drug-likeness (QED) is 0.0263. The molecule has 59 heavy (non-hydrogen) atoms. The maximum atomic E-state index is 12.8. The first-order valence-corrected chi connectivity index (χ1v) is 24.8. The summed E-state index contributed by atoms with van der Waals surface area (Å²) in [5.41, 5.74) is 0. The van der Waals surface area contributed by atoms with Gasteiger partial charge >= 0.3 is 17.9 Å². The lowest BCUT2D eigenvalue weighted by Gasteiger charge is -2.18. The predicted molar refractivity (Wildman–Crippen MR) is 251 cm³/mol. The molecule has 1 unspecified atom stereocenters. The van der Waals surface area contributed by atoms with E-state index in [0.717, 1.165) is 109 Å². The molecule has 0 saturated carbocycles. The van der Waals surface area contributed by atoms with Crippen molar-refractivity contribution in [2.45, 2.75) is 245 Å². The van der Waals surface area contributed by atoms with Gasteiger partial charge in [0.15, 0.2) is 6.10 Å². The molecule has 0 saturated heterocycles. The first-order chi connectivity index (χ1) is 29.0. The molecule has 0 radical (unpaired) electrons. The molecule has 340 valence electrons. The fraction of sp³-hybridized carbons (Fsp3) is 0.755. The van der Waals surface area contributed by atoms with Crippen molar-refractivity contribution in [3.63, 3.8) is 0 Å². The summed E-state index contributed by atoms with van der Waals surface area (Å²) >= 11 is 0. The molecule has 0 aliphatic rings. The van der Waals surface area contributed by atoms with Crippen molar-refractivity contribution in [1.82, 2.24) is 0 Å². The molecule has 0 heterocycles. The number of unbranched alkanes of at least 4 members (excludes halogenated alkanes) is 23. The maximum absolute atomic E-state index is 12.8. The average Bonchev–Trinajstić information content (AvgIpc) is 3.23. The van der Waals surface area contributed by atoms with Gasteiger partial charge in [0.1, 0.15) is 13.2 Å². The largest absolute Gasteiger partial charge is 0.462 e. The third kappa shape index (κ3) is 46.0. The van der Waals surface area contributed by atoms with Crippen LogP contribution < -0.4 is 0 Å². The summed E-state index contributed by atoms with van der Waals surface area (Å²) in [6.07, 6.45) is 57.7. The second-order valence-corrected chi connectivity index (χ2v) is 16.3. The Hall–Kier alpha value is -2.89. The predicted octanol–water partition coefficient (Wildman–Crippen LogP) is 16.1. The topological polar surface area (TPSA) is 78.9 Å². The minimum absolute atomic E-state index is 0.0864. The van der Waals surface area contributed by atoms with Gasteiger partial charge in [0.25, 0.3) is 0 Å². The smallest absolute Gasteiger partial charge is 0.306 e. The van der Waals surface area contributed by atoms with Crippen molar-refractivity contribution in [3.8, 4) is 0 Å². The number of hydrogen-bond acceptors (Lipinski definition) is 6. The van der Waals surface area contributed by atoms with Crippen molar-refractivity contribution >= 4 is 17.9 Å². The van der Waals surface area contributed by atoms with Crippen LogP contribution in [-0.4, -0.2) is 37.2 Å². The Bertz CT molecular complexity index is 1090. The van der Waals surface area contributed by atoms with Gasteiger partial charge in [0.05, 0.1) is 0 Å². The molecule has 0 rings (SSSR count). The maximum Gasteiger partial charge on any atom is 0.306 e. The summed E-state index contributed by atoms with van der Waals surface area (Å²) < 4.78 is 16.7. The number of allylic oxidation sites excluding steroid dienone is 10. The number of hydrogen-bond donors (Lipinski definition) is 0. The minimum Gasteiger partial charge on any atom is -0.462 e. The molecule has 0 amide bonds. The second kappa shape index (κ2) is 47.8. The van der Waals surface area contributed by atoms with E-state index in [0.29, 0.717) is 19.3 Å². The molecule has 0 fully saturated rings. The van der Waals surface area contributed by atoms with Crippen molar-refractivity contribution < 1.29 is 28.6 Å². The summed E-state index contributed by atoms with van der Waals surface area (Å²) in [4.78, 5) is 37.9. The number of carbonyl (C=O) groups is 3. The highest BCUT2D eigenvalue weighted by molar-refractivity contribution is 5.71. The van der Waals surface area contributed by atoms with E-state index < -0.39 is 6.10 Å². The second-order valence-electron chi connectivity index (χ2n) is 16.3. The van der Waals surface area contributed by atoms with Crippen LogP contribution in [-0.2, 0) is 28.6 Å². The third-order valence-electron chi connectivity index (χ3n) is 10.5. The van der Waals surface area contributed by atoms with E-state index in [1.165, 1.54) is 89.9 Å². The summed E-state index contributed by atoms with van der Waals surface area (Å²) in [6, 6.07) is 0. The van der Waals surface area contributed by atoms with E-state index in [2.05, 4.69) is 81.5 Å². The Labute approximate surface area is 364 Å². The molecule has 1 atom stereocenters. The van der Waals surface area contributed by atoms with Gasteiger partial charge in [-0.05, 0) is 96.3 Å². The lowest BCUT2D eigenvalue weighted by molar-refractivity contribution is -0.167. The minimum atomic E-state index is -0.786. The van der Waals surface area contributed by atoms with E-state index >= 15 is 0 Å². The normalized spacial score (nSPS) is 12.5. The molecule has 0 aromatic rings. The molecule has 0 aromatic heterocycles. The van der Waals surface area contributed by atoms with Gasteiger partial charge in [-0.3, -0.25) is 14.4 Å². The number of ether oxygens (including phenoxy) is 3. The van der Waals surface area contributed by atoms with Crippen LogP contribution in [0.15, 0.2) is 60.8 Å². The van der Waals surface area contributed by atoms with E-state index in [4.69, 9.17) is 14.2 Å². The van der Waals surface area contributed by atoms with Crippen LogP contribution >= 0.6 is 0 Å². The Morgan fingerprint density at radius 3 is 1.05 bits per heavy atom. The average molecular weight is 825 g/mol. The van der Waals surface area contributed by atoms with Crippen LogP contribution in [0.1, 0.15) is 239 Å². The summed E-state index contributed by atoms with van der Waals surface area (Å²) in [5.74, 6) is -0.918. The van der Waals surface area contributed by atoms with E-state index in [1.807, 2.05) is 0 Å². The zero-order chi connectivity index (χ0) is 43.0. The molecule has 0 aliphatic carbocycles. The van der Waals surface area contributed by atoms with Gasteiger partial charge < -0.3 is 14.2 Å². The Morgan fingerprint density at radius 2 is 0.661 bits per heavy atom. The fourth-order valence-corrected chi connectivity index (χ4v) is 6.81. The number of carbonyl (C=O) groups excluding carboxylic acids is 3. The van der Waals surface area contributed by atoms with Gasteiger partial charge in [0, 0.05) is 19.3 Å². The van der Waals surface area contributed by atoms with Crippen molar-refractivity contribution in [2.24, 2.45) is 0 Å². The highest BCUT2D eigenvalue weighted by Crippen LogP contribution is 2.14. The van der Waals surface area contributed by atoms with Crippen LogP contribution in [0.3, 0.4) is 0 Å². The first-order valence-electron chi connectivity index (χ1n) is 24.8. The van der Waals surface area contributed by atoms with E-state index in [9.17, 15) is 14.4 Å². The standard InChI is InChI=1S/C53H92O6/c1-4-7-10-13-16-19-22-25-28-31-34-37-40-43-46-52(55)58-49-50(48-57-51(54)45-42-39-36-33-30-27-24-21-18-15-12-9-6-3)59-53(56)47-44-41-38-35-32-29-26-23-20-17-14-11-8-5-2/h7-8,10-11,16-17,19-20,27,30,50H,4-6,9,12-15,18,21-26,28-29,31-49H2,1-3H3/b10-7-,11-8-,19-16-,20-17-,30-27-.